The van der Waals surface area contributed by atoms with Crippen molar-refractivity contribution in [3.05, 3.63) is 83.7 Å². The van der Waals surface area contributed by atoms with Gasteiger partial charge in [0.15, 0.2) is 5.96 Å². The van der Waals surface area contributed by atoms with Gasteiger partial charge in [-0.1, -0.05) is 49.4 Å². The van der Waals surface area contributed by atoms with Crippen molar-refractivity contribution >= 4 is 29.9 Å². The van der Waals surface area contributed by atoms with Crippen LogP contribution in [0.2, 0.25) is 0 Å². The molecular weight excluding hydrogens is 494 g/mol. The average Bonchev–Trinajstić information content (AvgIpc) is 3.21. The first-order valence-corrected chi connectivity index (χ1v) is 9.92. The fourth-order valence-corrected chi connectivity index (χ4v) is 2.94. The first-order valence-electron chi connectivity index (χ1n) is 9.92. The summed E-state index contributed by atoms with van der Waals surface area (Å²) in [7, 11) is 0. The molecule has 6 nitrogen and oxygen atoms in total. The van der Waals surface area contributed by atoms with Gasteiger partial charge in [0.1, 0.15) is 18.0 Å². The van der Waals surface area contributed by atoms with Gasteiger partial charge in [0, 0.05) is 26.1 Å². The van der Waals surface area contributed by atoms with Gasteiger partial charge >= 0.3 is 0 Å². The highest BCUT2D eigenvalue weighted by atomic mass is 127. The van der Waals surface area contributed by atoms with Crippen LogP contribution in [0.15, 0.2) is 65.9 Å². The van der Waals surface area contributed by atoms with Crippen molar-refractivity contribution < 1.29 is 4.39 Å². The third kappa shape index (κ3) is 7.74. The Balaban J connectivity index is 0.00000320. The maximum absolute atomic E-state index is 13.1. The zero-order valence-corrected chi connectivity index (χ0v) is 19.4. The first-order chi connectivity index (χ1) is 14.2. The molecule has 2 N–H and O–H groups in total. The third-order valence-corrected chi connectivity index (χ3v) is 4.54. The van der Waals surface area contributed by atoms with Gasteiger partial charge in [-0.15, -0.1) is 34.2 Å². The minimum absolute atomic E-state index is 0. The Kier molecular flexibility index (Phi) is 10.3. The number of nitrogens with zero attached hydrogens (tertiary/aromatic N) is 4. The van der Waals surface area contributed by atoms with Gasteiger partial charge in [-0.2, -0.15) is 0 Å². The number of hydrogen-bond donors (Lipinski definition) is 2. The van der Waals surface area contributed by atoms with Crippen LogP contribution < -0.4 is 10.6 Å². The topological polar surface area (TPSA) is 67.1 Å². The molecule has 0 fully saturated rings. The smallest absolute Gasteiger partial charge is 0.191 e. The second-order valence-electron chi connectivity index (χ2n) is 6.67. The molecule has 0 atom stereocenters. The van der Waals surface area contributed by atoms with Crippen LogP contribution in [0.3, 0.4) is 0 Å². The number of halogens is 2. The van der Waals surface area contributed by atoms with Crippen LogP contribution in [-0.4, -0.2) is 33.8 Å². The summed E-state index contributed by atoms with van der Waals surface area (Å²) < 4.78 is 15.1. The Morgan fingerprint density at radius 1 is 1.00 bits per heavy atom. The van der Waals surface area contributed by atoms with E-state index < -0.39 is 0 Å². The van der Waals surface area contributed by atoms with Crippen LogP contribution in [0.5, 0.6) is 0 Å². The Morgan fingerprint density at radius 3 is 2.47 bits per heavy atom. The van der Waals surface area contributed by atoms with E-state index in [0.29, 0.717) is 13.1 Å². The van der Waals surface area contributed by atoms with Crippen molar-refractivity contribution in [2.75, 3.05) is 13.1 Å². The quantitative estimate of drug-likeness (QED) is 0.256. The Hall–Kier alpha value is -2.49. The number of rotatable bonds is 9. The Bertz CT molecular complexity index is 896. The predicted octanol–water partition coefficient (Wildman–Crippen LogP) is 3.58. The normalized spacial score (nSPS) is 11.1. The number of guanidine groups is 1. The summed E-state index contributed by atoms with van der Waals surface area (Å²) in [6, 6.07) is 16.8. The molecule has 0 aliphatic rings. The molecule has 0 saturated carbocycles. The highest BCUT2D eigenvalue weighted by molar-refractivity contribution is 14.0. The molecule has 3 aromatic rings. The maximum Gasteiger partial charge on any atom is 0.191 e. The number of benzene rings is 2. The zero-order chi connectivity index (χ0) is 20.3. The van der Waals surface area contributed by atoms with Crippen molar-refractivity contribution in [1.29, 1.82) is 0 Å². The largest absolute Gasteiger partial charge is 0.356 e. The van der Waals surface area contributed by atoms with Crippen molar-refractivity contribution in [3.63, 3.8) is 0 Å². The molecule has 2 aromatic carbocycles. The van der Waals surface area contributed by atoms with Crippen molar-refractivity contribution in [2.24, 2.45) is 4.99 Å². The van der Waals surface area contributed by atoms with Gasteiger partial charge in [0.2, 0.25) is 0 Å². The molecule has 160 valence electrons. The molecule has 0 bridgehead atoms. The summed E-state index contributed by atoms with van der Waals surface area (Å²) in [6.45, 7) is 4.77. The summed E-state index contributed by atoms with van der Waals surface area (Å²) >= 11 is 0. The van der Waals surface area contributed by atoms with Crippen LogP contribution in [0.25, 0.3) is 0 Å². The van der Waals surface area contributed by atoms with Crippen LogP contribution in [0.1, 0.15) is 23.9 Å². The molecule has 1 heterocycles. The van der Waals surface area contributed by atoms with Crippen LogP contribution in [0, 0.1) is 5.82 Å². The summed E-state index contributed by atoms with van der Waals surface area (Å²) in [4.78, 5) is 4.65. The second-order valence-corrected chi connectivity index (χ2v) is 6.67. The second kappa shape index (κ2) is 12.9. The predicted molar refractivity (Wildman–Crippen MR) is 129 cm³/mol. The minimum Gasteiger partial charge on any atom is -0.356 e. The summed E-state index contributed by atoms with van der Waals surface area (Å²) in [5.74, 6) is 1.46. The lowest BCUT2D eigenvalue weighted by Gasteiger charge is -2.13. The Labute approximate surface area is 194 Å². The van der Waals surface area contributed by atoms with Crippen LogP contribution in [0.4, 0.5) is 4.39 Å². The van der Waals surface area contributed by atoms with Crippen molar-refractivity contribution in [2.45, 2.75) is 32.9 Å². The lowest BCUT2D eigenvalue weighted by molar-refractivity contribution is 0.626. The molecule has 30 heavy (non-hydrogen) atoms. The van der Waals surface area contributed by atoms with Gasteiger partial charge in [-0.05, 0) is 29.7 Å². The molecule has 0 saturated heterocycles. The van der Waals surface area contributed by atoms with E-state index in [-0.39, 0.29) is 29.8 Å². The standard InChI is InChI=1S/C22H27FN6.HI/c1-2-21-28-27-17-29(21)15-14-25-22(24-13-12-18-6-4-3-5-7-18)26-16-19-8-10-20(23)11-9-19;/h3-11,17H,2,12-16H2,1H3,(H2,24,25,26);1H. The lowest BCUT2D eigenvalue weighted by Crippen LogP contribution is -2.40. The molecule has 0 radical (unpaired) electrons. The van der Waals surface area contributed by atoms with E-state index in [0.717, 1.165) is 43.3 Å². The molecule has 8 heteroatoms. The highest BCUT2D eigenvalue weighted by Crippen LogP contribution is 2.04. The maximum atomic E-state index is 13.1. The molecule has 1 aromatic heterocycles. The summed E-state index contributed by atoms with van der Waals surface area (Å²) in [6.07, 6.45) is 3.50. The van der Waals surface area contributed by atoms with E-state index in [4.69, 9.17) is 0 Å². The number of aromatic nitrogens is 3. The molecular formula is C22H28FIN6. The third-order valence-electron chi connectivity index (χ3n) is 4.54. The summed E-state index contributed by atoms with van der Waals surface area (Å²) in [5, 5.41) is 14.8. The van der Waals surface area contributed by atoms with Gasteiger partial charge < -0.3 is 15.2 Å². The van der Waals surface area contributed by atoms with Gasteiger partial charge in [-0.25, -0.2) is 9.38 Å². The minimum atomic E-state index is -0.238. The van der Waals surface area contributed by atoms with E-state index in [2.05, 4.69) is 44.9 Å². The zero-order valence-electron chi connectivity index (χ0n) is 17.1. The molecule has 3 rings (SSSR count). The number of hydrogen-bond acceptors (Lipinski definition) is 3. The monoisotopic (exact) mass is 522 g/mol. The highest BCUT2D eigenvalue weighted by Gasteiger charge is 2.03. The van der Waals surface area contributed by atoms with E-state index >= 15 is 0 Å². The molecule has 0 unspecified atom stereocenters. The van der Waals surface area contributed by atoms with E-state index in [1.54, 1.807) is 18.5 Å². The lowest BCUT2D eigenvalue weighted by atomic mass is 10.1. The molecule has 0 spiro atoms. The van der Waals surface area contributed by atoms with Crippen molar-refractivity contribution in [1.82, 2.24) is 25.4 Å². The van der Waals surface area contributed by atoms with Gasteiger partial charge in [-0.3, -0.25) is 0 Å². The fraction of sp³-hybridized carbons (Fsp3) is 0.318. The number of aryl methyl sites for hydroxylation is 1. The van der Waals surface area contributed by atoms with E-state index in [9.17, 15) is 4.39 Å². The average molecular weight is 522 g/mol. The Morgan fingerprint density at radius 2 is 1.73 bits per heavy atom. The number of aliphatic imine (C=N–C) groups is 1. The molecule has 0 aliphatic heterocycles. The fourth-order valence-electron chi connectivity index (χ4n) is 2.94. The molecule has 0 amide bonds. The van der Waals surface area contributed by atoms with Gasteiger partial charge in [0.25, 0.3) is 0 Å². The van der Waals surface area contributed by atoms with Crippen molar-refractivity contribution in [3.8, 4) is 0 Å². The van der Waals surface area contributed by atoms with E-state index in [1.165, 1.54) is 17.7 Å². The van der Waals surface area contributed by atoms with E-state index in [1.807, 2.05) is 22.8 Å². The van der Waals surface area contributed by atoms with Crippen LogP contribution >= 0.6 is 24.0 Å². The first kappa shape index (κ1) is 23.8. The molecule has 0 aliphatic carbocycles. The SMILES string of the molecule is CCc1nncn1CCNC(=NCc1ccc(F)cc1)NCCc1ccccc1.I. The number of nitrogens with one attached hydrogen (secondary N) is 2. The summed E-state index contributed by atoms with van der Waals surface area (Å²) in [5.41, 5.74) is 2.23. The van der Waals surface area contributed by atoms with Gasteiger partial charge in [0.05, 0.1) is 6.54 Å². The van der Waals surface area contributed by atoms with Crippen LogP contribution in [-0.2, 0) is 25.9 Å².